The first kappa shape index (κ1) is 14.1. The van der Waals surface area contributed by atoms with Crippen molar-refractivity contribution in [3.8, 4) is 5.75 Å². The minimum atomic E-state index is 0.357. The molecule has 2 atom stereocenters. The van der Waals surface area contributed by atoms with Crippen LogP contribution >= 0.6 is 0 Å². The zero-order valence-electron chi connectivity index (χ0n) is 12.3. The van der Waals surface area contributed by atoms with E-state index in [2.05, 4.69) is 39.1 Å². The number of anilines is 1. The third-order valence-electron chi connectivity index (χ3n) is 3.87. The molecule has 1 saturated heterocycles. The Hall–Kier alpha value is -1.89. The summed E-state index contributed by atoms with van der Waals surface area (Å²) in [7, 11) is 2.14. The standard InChI is InChI=1S/C14H20BN5O/c15-13-9-17-2-1-11(13)10-21-12-7-18-14(19-8-12)20-5-3-16-4-6-20/h1-2,7-9,11,13,16H,3-6,10,15H2. The smallest absolute Gasteiger partial charge is 0.225 e. The van der Waals surface area contributed by atoms with Gasteiger partial charge in [0.15, 0.2) is 5.75 Å². The Kier molecular flexibility index (Phi) is 4.50. The Balaban J connectivity index is 1.54. The Bertz CT molecular complexity index is 513. The van der Waals surface area contributed by atoms with Crippen LogP contribution in [0.25, 0.3) is 0 Å². The monoisotopic (exact) mass is 285 g/mol. The third kappa shape index (κ3) is 3.61. The summed E-state index contributed by atoms with van der Waals surface area (Å²) in [5.41, 5.74) is 0. The van der Waals surface area contributed by atoms with E-state index in [0.717, 1.165) is 37.9 Å². The van der Waals surface area contributed by atoms with Gasteiger partial charge in [-0.2, -0.15) is 0 Å². The lowest BCUT2D eigenvalue weighted by atomic mass is 9.77. The van der Waals surface area contributed by atoms with Gasteiger partial charge in [-0.05, 0) is 5.82 Å². The highest BCUT2D eigenvalue weighted by molar-refractivity contribution is 6.21. The molecule has 1 fully saturated rings. The van der Waals surface area contributed by atoms with Crippen LogP contribution in [0.3, 0.4) is 0 Å². The van der Waals surface area contributed by atoms with Gasteiger partial charge in [0.2, 0.25) is 5.95 Å². The summed E-state index contributed by atoms with van der Waals surface area (Å²) in [6.07, 6.45) is 9.39. The number of aliphatic imine (C=N–C) groups is 1. The fourth-order valence-electron chi connectivity index (χ4n) is 2.44. The minimum Gasteiger partial charge on any atom is -0.490 e. The van der Waals surface area contributed by atoms with Crippen LogP contribution in [0.2, 0.25) is 5.82 Å². The van der Waals surface area contributed by atoms with Crippen LogP contribution in [0.4, 0.5) is 5.95 Å². The van der Waals surface area contributed by atoms with Gasteiger partial charge in [0.05, 0.1) is 19.0 Å². The first-order valence-corrected chi connectivity index (χ1v) is 7.43. The predicted molar refractivity (Wildman–Crippen MR) is 86.0 cm³/mol. The molecule has 0 amide bonds. The quantitative estimate of drug-likeness (QED) is 0.783. The average Bonchev–Trinajstić information content (AvgIpc) is 2.55. The maximum Gasteiger partial charge on any atom is 0.225 e. The van der Waals surface area contributed by atoms with E-state index in [1.165, 1.54) is 0 Å². The van der Waals surface area contributed by atoms with Gasteiger partial charge in [-0.15, -0.1) is 0 Å². The van der Waals surface area contributed by atoms with Crippen LogP contribution in [0.15, 0.2) is 29.7 Å². The zero-order valence-corrected chi connectivity index (χ0v) is 12.3. The molecule has 3 rings (SSSR count). The van der Waals surface area contributed by atoms with Gasteiger partial charge < -0.3 is 15.0 Å². The van der Waals surface area contributed by atoms with E-state index in [-0.39, 0.29) is 0 Å². The van der Waals surface area contributed by atoms with Crippen LogP contribution in [0.5, 0.6) is 5.75 Å². The van der Waals surface area contributed by atoms with Gasteiger partial charge in [0.25, 0.3) is 0 Å². The predicted octanol–water partition coefficient (Wildman–Crippen LogP) is -0.0991. The number of hydrogen-bond acceptors (Lipinski definition) is 6. The van der Waals surface area contributed by atoms with Gasteiger partial charge in [0.1, 0.15) is 7.85 Å². The number of ether oxygens (including phenoxy) is 1. The van der Waals surface area contributed by atoms with Crippen LogP contribution in [0.1, 0.15) is 0 Å². The van der Waals surface area contributed by atoms with E-state index in [9.17, 15) is 0 Å². The summed E-state index contributed by atoms with van der Waals surface area (Å²) in [6.45, 7) is 4.48. The molecular formula is C14H20BN5O. The second kappa shape index (κ2) is 6.71. The summed E-state index contributed by atoms with van der Waals surface area (Å²) < 4.78 is 5.79. The topological polar surface area (TPSA) is 62.6 Å². The van der Waals surface area contributed by atoms with Crippen LogP contribution in [-0.4, -0.2) is 56.8 Å². The van der Waals surface area contributed by atoms with E-state index in [1.54, 1.807) is 12.4 Å². The molecule has 0 radical (unpaired) electrons. The molecule has 0 aromatic carbocycles. The largest absolute Gasteiger partial charge is 0.490 e. The SMILES string of the molecule is BC1C=NC=CC1COc1cnc(N2CCNCC2)nc1. The molecule has 2 aliphatic heterocycles. The molecule has 110 valence electrons. The van der Waals surface area contributed by atoms with Gasteiger partial charge in [-0.1, -0.05) is 6.08 Å². The van der Waals surface area contributed by atoms with Crippen LogP contribution in [-0.2, 0) is 0 Å². The van der Waals surface area contributed by atoms with Crippen molar-refractivity contribution in [2.45, 2.75) is 5.82 Å². The Morgan fingerprint density at radius 1 is 1.29 bits per heavy atom. The van der Waals surface area contributed by atoms with Crippen molar-refractivity contribution >= 4 is 20.0 Å². The summed E-state index contributed by atoms with van der Waals surface area (Å²) in [5, 5.41) is 3.32. The normalized spacial score (nSPS) is 25.0. The van der Waals surface area contributed by atoms with Crippen molar-refractivity contribution in [2.75, 3.05) is 37.7 Å². The highest BCUT2D eigenvalue weighted by atomic mass is 16.5. The molecule has 6 nitrogen and oxygen atoms in total. The number of nitrogens with one attached hydrogen (secondary N) is 1. The fraction of sp³-hybridized carbons (Fsp3) is 0.500. The highest BCUT2D eigenvalue weighted by Gasteiger charge is 2.16. The van der Waals surface area contributed by atoms with Crippen molar-refractivity contribution in [1.82, 2.24) is 15.3 Å². The van der Waals surface area contributed by atoms with Crippen molar-refractivity contribution in [3.63, 3.8) is 0 Å². The number of rotatable bonds is 4. The van der Waals surface area contributed by atoms with Crippen molar-refractivity contribution in [1.29, 1.82) is 0 Å². The van der Waals surface area contributed by atoms with Crippen molar-refractivity contribution in [2.24, 2.45) is 10.9 Å². The number of hydrogen-bond donors (Lipinski definition) is 1. The van der Waals surface area contributed by atoms with Crippen LogP contribution in [0, 0.1) is 5.92 Å². The molecule has 2 unspecified atom stereocenters. The van der Waals surface area contributed by atoms with Gasteiger partial charge in [0, 0.05) is 44.5 Å². The summed E-state index contributed by atoms with van der Waals surface area (Å²) in [4.78, 5) is 15.1. The fourth-order valence-corrected chi connectivity index (χ4v) is 2.44. The van der Waals surface area contributed by atoms with Gasteiger partial charge in [-0.3, -0.25) is 4.99 Å². The van der Waals surface area contributed by atoms with E-state index in [1.807, 2.05) is 12.4 Å². The lowest BCUT2D eigenvalue weighted by molar-refractivity contribution is 0.277. The number of aromatic nitrogens is 2. The average molecular weight is 285 g/mol. The molecule has 3 heterocycles. The molecular weight excluding hydrogens is 265 g/mol. The third-order valence-corrected chi connectivity index (χ3v) is 3.87. The number of piperazine rings is 1. The zero-order chi connectivity index (χ0) is 14.5. The van der Waals surface area contributed by atoms with Gasteiger partial charge >= 0.3 is 0 Å². The summed E-state index contributed by atoms with van der Waals surface area (Å²) in [6, 6.07) is 0. The maximum absolute atomic E-state index is 5.79. The van der Waals surface area contributed by atoms with Crippen molar-refractivity contribution in [3.05, 3.63) is 24.7 Å². The highest BCUT2D eigenvalue weighted by Crippen LogP contribution is 2.20. The van der Waals surface area contributed by atoms with Crippen molar-refractivity contribution < 1.29 is 4.74 Å². The molecule has 1 aromatic heterocycles. The molecule has 0 spiro atoms. The molecule has 1 aromatic rings. The minimum absolute atomic E-state index is 0.357. The van der Waals surface area contributed by atoms with E-state index in [0.29, 0.717) is 18.3 Å². The van der Waals surface area contributed by atoms with Crippen LogP contribution < -0.4 is 15.0 Å². The lowest BCUT2D eigenvalue weighted by Crippen LogP contribution is -2.44. The van der Waals surface area contributed by atoms with E-state index in [4.69, 9.17) is 4.74 Å². The Morgan fingerprint density at radius 3 is 2.76 bits per heavy atom. The first-order valence-electron chi connectivity index (χ1n) is 7.43. The Labute approximate surface area is 125 Å². The molecule has 1 N–H and O–H groups in total. The molecule has 0 saturated carbocycles. The summed E-state index contributed by atoms with van der Waals surface area (Å²) >= 11 is 0. The molecule has 0 bridgehead atoms. The Morgan fingerprint density at radius 2 is 2.05 bits per heavy atom. The lowest BCUT2D eigenvalue weighted by Gasteiger charge is -2.27. The summed E-state index contributed by atoms with van der Waals surface area (Å²) in [5.74, 6) is 2.25. The van der Waals surface area contributed by atoms with E-state index >= 15 is 0 Å². The second-order valence-electron chi connectivity index (χ2n) is 5.43. The van der Waals surface area contributed by atoms with Gasteiger partial charge in [-0.25, -0.2) is 9.97 Å². The first-order chi connectivity index (χ1) is 10.3. The molecule has 7 heteroatoms. The maximum atomic E-state index is 5.79. The molecule has 21 heavy (non-hydrogen) atoms. The molecule has 2 aliphatic rings. The molecule has 0 aliphatic carbocycles. The van der Waals surface area contributed by atoms with E-state index < -0.39 is 0 Å². The second-order valence-corrected chi connectivity index (χ2v) is 5.43. The number of nitrogens with zero attached hydrogens (tertiary/aromatic N) is 4.